The van der Waals surface area contributed by atoms with Crippen LogP contribution in [0.15, 0.2) is 30.3 Å². The van der Waals surface area contributed by atoms with Crippen LogP contribution in [0, 0.1) is 0 Å². The van der Waals surface area contributed by atoms with Crippen LogP contribution in [0.1, 0.15) is 63.9 Å². The molecule has 1 aromatic carbocycles. The van der Waals surface area contributed by atoms with E-state index >= 15 is 0 Å². The maximum Gasteiger partial charge on any atom is 0.104 e. The zero-order valence-corrected chi connectivity index (χ0v) is 15.9. The van der Waals surface area contributed by atoms with Crippen molar-refractivity contribution in [3.63, 3.8) is 0 Å². The summed E-state index contributed by atoms with van der Waals surface area (Å²) in [6.45, 7) is 4.73. The predicted octanol–water partition coefficient (Wildman–Crippen LogP) is 2.41. The Morgan fingerprint density at radius 1 is 0.762 bits per heavy atom. The van der Waals surface area contributed by atoms with Gasteiger partial charge in [0.25, 0.3) is 0 Å². The van der Waals surface area contributed by atoms with Crippen molar-refractivity contribution in [2.45, 2.75) is 64.8 Å². The van der Waals surface area contributed by atoms with Gasteiger partial charge >= 0.3 is 0 Å². The van der Waals surface area contributed by atoms with Crippen molar-refractivity contribution < 1.29 is 21.5 Å². The minimum absolute atomic E-state index is 0. The van der Waals surface area contributed by atoms with Crippen LogP contribution in [0.5, 0.6) is 0 Å². The van der Waals surface area contributed by atoms with Crippen molar-refractivity contribution in [3.05, 3.63) is 35.9 Å². The predicted molar refractivity (Wildman–Crippen MR) is 89.7 cm³/mol. The van der Waals surface area contributed by atoms with Gasteiger partial charge in [0, 0.05) is 5.56 Å². The molecule has 1 aromatic rings. The van der Waals surface area contributed by atoms with Gasteiger partial charge in [-0.15, -0.1) is 0 Å². The monoisotopic (exact) mass is 355 g/mol. The third-order valence-electron chi connectivity index (χ3n) is 4.07. The summed E-state index contributed by atoms with van der Waals surface area (Å²) in [4.78, 5) is 0. The average Bonchev–Trinajstić information content (AvgIpc) is 2.42. The van der Waals surface area contributed by atoms with Gasteiger partial charge in [0.2, 0.25) is 0 Å². The maximum absolute atomic E-state index is 2.36. The lowest BCUT2D eigenvalue weighted by molar-refractivity contribution is -0.903. The van der Waals surface area contributed by atoms with Gasteiger partial charge in [-0.25, -0.2) is 0 Å². The van der Waals surface area contributed by atoms with Gasteiger partial charge in [-0.2, -0.15) is 0 Å². The number of rotatable bonds is 11. The third-order valence-corrected chi connectivity index (χ3v) is 4.07. The Morgan fingerprint density at radius 3 is 1.86 bits per heavy atom. The lowest BCUT2D eigenvalue weighted by atomic mass is 10.1. The summed E-state index contributed by atoms with van der Waals surface area (Å²) in [6.07, 6.45) is 11.3. The summed E-state index contributed by atoms with van der Waals surface area (Å²) in [6, 6.07) is 10.9. The molecule has 1 rings (SSSR count). The normalized spacial score (nSPS) is 11.2. The van der Waals surface area contributed by atoms with Gasteiger partial charge < -0.3 is 21.5 Å². The second kappa shape index (κ2) is 12.2. The van der Waals surface area contributed by atoms with E-state index in [1.807, 2.05) is 0 Å². The van der Waals surface area contributed by atoms with Crippen LogP contribution in [0.3, 0.4) is 0 Å². The SMILES string of the molecule is CCCCCCCCCC[N+](C)(C)Cc1ccccc1.[Br-]. The molecule has 0 heterocycles. The van der Waals surface area contributed by atoms with Gasteiger partial charge in [0.15, 0.2) is 0 Å². The summed E-state index contributed by atoms with van der Waals surface area (Å²) in [7, 11) is 4.71. The summed E-state index contributed by atoms with van der Waals surface area (Å²) in [5.41, 5.74) is 1.46. The maximum atomic E-state index is 2.36. The number of unbranched alkanes of at least 4 members (excludes halogenated alkanes) is 7. The molecule has 0 radical (unpaired) electrons. The first-order valence-electron chi connectivity index (χ1n) is 8.50. The first kappa shape index (κ1) is 20.7. The molecule has 0 aromatic heterocycles. The lowest BCUT2D eigenvalue weighted by Crippen LogP contribution is -3.00. The first-order chi connectivity index (χ1) is 9.64. The molecule has 0 spiro atoms. The van der Waals surface area contributed by atoms with E-state index in [1.165, 1.54) is 63.5 Å². The van der Waals surface area contributed by atoms with Gasteiger partial charge in [0.1, 0.15) is 6.54 Å². The van der Waals surface area contributed by atoms with E-state index in [4.69, 9.17) is 0 Å². The average molecular weight is 356 g/mol. The fourth-order valence-corrected chi connectivity index (χ4v) is 2.83. The van der Waals surface area contributed by atoms with Gasteiger partial charge in [0.05, 0.1) is 20.6 Å². The highest BCUT2D eigenvalue weighted by Gasteiger charge is 2.14. The molecule has 0 atom stereocenters. The molecule has 0 aliphatic heterocycles. The van der Waals surface area contributed by atoms with Crippen LogP contribution in [0.4, 0.5) is 0 Å². The summed E-state index contributed by atoms with van der Waals surface area (Å²) in [5, 5.41) is 0. The Balaban J connectivity index is 0.00000400. The molecule has 21 heavy (non-hydrogen) atoms. The molecule has 0 fully saturated rings. The molecule has 0 saturated carbocycles. The highest BCUT2D eigenvalue weighted by atomic mass is 79.9. The Labute approximate surface area is 143 Å². The molecule has 122 valence electrons. The Bertz CT molecular complexity index is 335. The number of nitrogens with zero attached hydrogens (tertiary/aromatic N) is 1. The second-order valence-electron chi connectivity index (χ2n) is 6.78. The molecule has 2 heteroatoms. The third kappa shape index (κ3) is 11.0. The number of hydrogen-bond acceptors (Lipinski definition) is 0. The molecule has 0 aliphatic rings. The molecule has 0 saturated heterocycles. The van der Waals surface area contributed by atoms with Crippen molar-refractivity contribution in [1.29, 1.82) is 0 Å². The van der Waals surface area contributed by atoms with Crippen LogP contribution < -0.4 is 17.0 Å². The van der Waals surface area contributed by atoms with Crippen LogP contribution in [-0.4, -0.2) is 25.1 Å². The summed E-state index contributed by atoms with van der Waals surface area (Å²) >= 11 is 0. The first-order valence-corrected chi connectivity index (χ1v) is 8.50. The van der Waals surface area contributed by atoms with E-state index in [0.29, 0.717) is 0 Å². The highest BCUT2D eigenvalue weighted by molar-refractivity contribution is 5.13. The fourth-order valence-electron chi connectivity index (χ4n) is 2.83. The molecular formula is C19H34BrN. The molecular weight excluding hydrogens is 322 g/mol. The molecule has 0 amide bonds. The molecule has 0 unspecified atom stereocenters. The summed E-state index contributed by atoms with van der Waals surface area (Å²) in [5.74, 6) is 0. The van der Waals surface area contributed by atoms with E-state index in [0.717, 1.165) is 11.0 Å². The van der Waals surface area contributed by atoms with Crippen molar-refractivity contribution in [2.75, 3.05) is 20.6 Å². The van der Waals surface area contributed by atoms with Crippen LogP contribution >= 0.6 is 0 Å². The largest absolute Gasteiger partial charge is 1.00 e. The van der Waals surface area contributed by atoms with E-state index in [9.17, 15) is 0 Å². The minimum Gasteiger partial charge on any atom is -1.00 e. The summed E-state index contributed by atoms with van der Waals surface area (Å²) < 4.78 is 1.11. The van der Waals surface area contributed by atoms with Crippen molar-refractivity contribution in [3.8, 4) is 0 Å². The molecule has 0 aliphatic carbocycles. The Morgan fingerprint density at radius 2 is 1.29 bits per heavy atom. The van der Waals surface area contributed by atoms with Crippen LogP contribution in [0.2, 0.25) is 0 Å². The molecule has 0 bridgehead atoms. The van der Waals surface area contributed by atoms with Crippen molar-refractivity contribution in [2.24, 2.45) is 0 Å². The van der Waals surface area contributed by atoms with Crippen molar-refractivity contribution >= 4 is 0 Å². The second-order valence-corrected chi connectivity index (χ2v) is 6.78. The van der Waals surface area contributed by atoms with Gasteiger partial charge in [-0.05, 0) is 12.8 Å². The Kier molecular flexibility index (Phi) is 12.0. The minimum atomic E-state index is 0. The van der Waals surface area contributed by atoms with E-state index in [1.54, 1.807) is 0 Å². The standard InChI is InChI=1S/C19H34N.BrH/c1-4-5-6-7-8-9-10-14-17-20(2,3)18-19-15-12-11-13-16-19;/h11-13,15-16H,4-10,14,17-18H2,1-3H3;1H/q+1;/p-1. The number of benzene rings is 1. The van der Waals surface area contributed by atoms with Crippen molar-refractivity contribution in [1.82, 2.24) is 0 Å². The molecule has 1 nitrogen and oxygen atoms in total. The lowest BCUT2D eigenvalue weighted by Gasteiger charge is -2.30. The van der Waals surface area contributed by atoms with E-state index in [2.05, 4.69) is 51.4 Å². The number of hydrogen-bond donors (Lipinski definition) is 0. The van der Waals surface area contributed by atoms with Gasteiger partial charge in [-0.1, -0.05) is 75.8 Å². The van der Waals surface area contributed by atoms with Gasteiger partial charge in [-0.3, -0.25) is 0 Å². The number of quaternary nitrogens is 1. The smallest absolute Gasteiger partial charge is 0.104 e. The Hall–Kier alpha value is -0.340. The fraction of sp³-hybridized carbons (Fsp3) is 0.684. The molecule has 0 N–H and O–H groups in total. The number of halogens is 1. The quantitative estimate of drug-likeness (QED) is 0.422. The topological polar surface area (TPSA) is 0 Å². The van der Waals surface area contributed by atoms with Crippen LogP contribution in [-0.2, 0) is 6.54 Å². The van der Waals surface area contributed by atoms with Crippen LogP contribution in [0.25, 0.3) is 0 Å². The highest BCUT2D eigenvalue weighted by Crippen LogP contribution is 2.13. The van der Waals surface area contributed by atoms with E-state index in [-0.39, 0.29) is 17.0 Å². The zero-order valence-electron chi connectivity index (χ0n) is 14.3. The zero-order chi connectivity index (χ0) is 14.7. The van der Waals surface area contributed by atoms with E-state index < -0.39 is 0 Å².